The number of amides is 1. The van der Waals surface area contributed by atoms with Crippen LogP contribution in [-0.2, 0) is 21.2 Å². The minimum atomic E-state index is -3.78. The van der Waals surface area contributed by atoms with Gasteiger partial charge >= 0.3 is 0 Å². The van der Waals surface area contributed by atoms with E-state index in [1.54, 1.807) is 30.3 Å². The Morgan fingerprint density at radius 3 is 2.66 bits per heavy atom. The zero-order valence-corrected chi connectivity index (χ0v) is 16.8. The van der Waals surface area contributed by atoms with Gasteiger partial charge in [-0.05, 0) is 42.0 Å². The van der Waals surface area contributed by atoms with E-state index in [4.69, 9.17) is 14.2 Å². The van der Waals surface area contributed by atoms with Crippen molar-refractivity contribution in [3.05, 3.63) is 47.5 Å². The molecule has 0 spiro atoms. The molecule has 0 aromatic heterocycles. The SMILES string of the molecule is COc1ccc(NC(=O)c2ccc3c(c2)CCO3)cc1S(=O)(=O)N1CCOCC1. The Morgan fingerprint density at radius 1 is 1.10 bits per heavy atom. The Balaban J connectivity index is 1.60. The zero-order chi connectivity index (χ0) is 20.4. The summed E-state index contributed by atoms with van der Waals surface area (Å²) >= 11 is 0. The summed E-state index contributed by atoms with van der Waals surface area (Å²) in [5, 5.41) is 2.77. The number of carbonyl (C=O) groups excluding carboxylic acids is 1. The second-order valence-corrected chi connectivity index (χ2v) is 8.66. The lowest BCUT2D eigenvalue weighted by molar-refractivity contribution is 0.0729. The summed E-state index contributed by atoms with van der Waals surface area (Å²) in [5.74, 6) is 0.702. The predicted molar refractivity (Wildman–Crippen MR) is 106 cm³/mol. The Bertz CT molecular complexity index is 1030. The molecule has 2 aromatic carbocycles. The van der Waals surface area contributed by atoms with Gasteiger partial charge in [-0.1, -0.05) is 0 Å². The van der Waals surface area contributed by atoms with Crippen LogP contribution in [0.25, 0.3) is 0 Å². The monoisotopic (exact) mass is 418 g/mol. The smallest absolute Gasteiger partial charge is 0.255 e. The summed E-state index contributed by atoms with van der Waals surface area (Å²) in [4.78, 5) is 12.7. The first kappa shape index (κ1) is 19.7. The number of carbonyl (C=O) groups is 1. The van der Waals surface area contributed by atoms with Crippen molar-refractivity contribution in [3.63, 3.8) is 0 Å². The van der Waals surface area contributed by atoms with Gasteiger partial charge < -0.3 is 19.5 Å². The van der Waals surface area contributed by atoms with Gasteiger partial charge in [0, 0.05) is 30.8 Å². The highest BCUT2D eigenvalue weighted by molar-refractivity contribution is 7.89. The minimum Gasteiger partial charge on any atom is -0.495 e. The summed E-state index contributed by atoms with van der Waals surface area (Å²) in [6.45, 7) is 1.86. The molecule has 0 radical (unpaired) electrons. The number of benzene rings is 2. The van der Waals surface area contributed by atoms with Gasteiger partial charge in [0.1, 0.15) is 16.4 Å². The van der Waals surface area contributed by atoms with Gasteiger partial charge in [-0.25, -0.2) is 8.42 Å². The highest BCUT2D eigenvalue weighted by atomic mass is 32.2. The van der Waals surface area contributed by atoms with Crippen molar-refractivity contribution in [3.8, 4) is 11.5 Å². The number of hydrogen-bond acceptors (Lipinski definition) is 6. The molecule has 9 heteroatoms. The van der Waals surface area contributed by atoms with Crippen LogP contribution < -0.4 is 14.8 Å². The first-order chi connectivity index (χ1) is 14.0. The van der Waals surface area contributed by atoms with E-state index < -0.39 is 10.0 Å². The van der Waals surface area contributed by atoms with E-state index in [2.05, 4.69) is 5.32 Å². The second kappa shape index (κ2) is 8.02. The molecule has 2 heterocycles. The molecule has 0 atom stereocenters. The second-order valence-electron chi connectivity index (χ2n) is 6.76. The van der Waals surface area contributed by atoms with Crippen LogP contribution in [0.5, 0.6) is 11.5 Å². The van der Waals surface area contributed by atoms with E-state index in [9.17, 15) is 13.2 Å². The maximum atomic E-state index is 13.1. The van der Waals surface area contributed by atoms with Gasteiger partial charge in [0.05, 0.1) is 26.9 Å². The average molecular weight is 418 g/mol. The largest absolute Gasteiger partial charge is 0.495 e. The topological polar surface area (TPSA) is 94.2 Å². The Kier molecular flexibility index (Phi) is 5.44. The molecule has 0 unspecified atom stereocenters. The van der Waals surface area contributed by atoms with E-state index >= 15 is 0 Å². The molecule has 0 aliphatic carbocycles. The normalized spacial score (nSPS) is 16.7. The number of sulfonamides is 1. The molecule has 0 bridgehead atoms. The van der Waals surface area contributed by atoms with E-state index in [-0.39, 0.29) is 29.6 Å². The van der Waals surface area contributed by atoms with Crippen LogP contribution in [0.4, 0.5) is 5.69 Å². The molecule has 1 amide bonds. The van der Waals surface area contributed by atoms with Crippen LogP contribution in [0.15, 0.2) is 41.3 Å². The van der Waals surface area contributed by atoms with E-state index in [1.807, 2.05) is 0 Å². The van der Waals surface area contributed by atoms with Crippen molar-refractivity contribution >= 4 is 21.6 Å². The van der Waals surface area contributed by atoms with E-state index in [1.165, 1.54) is 17.5 Å². The van der Waals surface area contributed by atoms with Crippen molar-refractivity contribution in [1.82, 2.24) is 4.31 Å². The first-order valence-corrected chi connectivity index (χ1v) is 10.8. The lowest BCUT2D eigenvalue weighted by Crippen LogP contribution is -2.40. The molecule has 0 saturated carbocycles. The van der Waals surface area contributed by atoms with Crippen molar-refractivity contribution in [2.45, 2.75) is 11.3 Å². The van der Waals surface area contributed by atoms with Crippen molar-refractivity contribution in [2.24, 2.45) is 0 Å². The van der Waals surface area contributed by atoms with Crippen LogP contribution in [0, 0.1) is 0 Å². The molecule has 29 heavy (non-hydrogen) atoms. The summed E-state index contributed by atoms with van der Waals surface area (Å²) in [6.07, 6.45) is 0.765. The third-order valence-electron chi connectivity index (χ3n) is 4.96. The molecule has 1 saturated heterocycles. The quantitative estimate of drug-likeness (QED) is 0.797. The fourth-order valence-electron chi connectivity index (χ4n) is 3.41. The number of methoxy groups -OCH3 is 1. The van der Waals surface area contributed by atoms with Crippen LogP contribution in [0.2, 0.25) is 0 Å². The molecule has 2 aromatic rings. The maximum Gasteiger partial charge on any atom is 0.255 e. The highest BCUT2D eigenvalue weighted by Gasteiger charge is 2.29. The van der Waals surface area contributed by atoms with Crippen molar-refractivity contribution in [1.29, 1.82) is 0 Å². The number of hydrogen-bond donors (Lipinski definition) is 1. The van der Waals surface area contributed by atoms with Gasteiger partial charge in [-0.2, -0.15) is 4.31 Å². The fourth-order valence-corrected chi connectivity index (χ4v) is 5.00. The summed E-state index contributed by atoms with van der Waals surface area (Å²) in [5.41, 5.74) is 1.85. The third kappa shape index (κ3) is 3.93. The molecule has 1 N–H and O–H groups in total. The van der Waals surface area contributed by atoms with Crippen LogP contribution >= 0.6 is 0 Å². The molecule has 4 rings (SSSR count). The number of anilines is 1. The van der Waals surface area contributed by atoms with Crippen molar-refractivity contribution in [2.75, 3.05) is 45.3 Å². The van der Waals surface area contributed by atoms with E-state index in [0.717, 1.165) is 17.7 Å². The number of nitrogens with zero attached hydrogens (tertiary/aromatic N) is 1. The molecule has 154 valence electrons. The molecule has 8 nitrogen and oxygen atoms in total. The van der Waals surface area contributed by atoms with Gasteiger partial charge in [-0.3, -0.25) is 4.79 Å². The summed E-state index contributed by atoms with van der Waals surface area (Å²) in [6, 6.07) is 9.85. The summed E-state index contributed by atoms with van der Waals surface area (Å²) < 4.78 is 43.5. The van der Waals surface area contributed by atoms with Crippen LogP contribution in [0.3, 0.4) is 0 Å². The number of ether oxygens (including phenoxy) is 3. The molecule has 2 aliphatic rings. The number of morpholine rings is 1. The average Bonchev–Trinajstić information content (AvgIpc) is 3.22. The minimum absolute atomic E-state index is 0.0158. The lowest BCUT2D eigenvalue weighted by Gasteiger charge is -2.26. The molecule has 2 aliphatic heterocycles. The Hall–Kier alpha value is -2.62. The number of nitrogens with one attached hydrogen (secondary N) is 1. The first-order valence-electron chi connectivity index (χ1n) is 9.32. The third-order valence-corrected chi connectivity index (χ3v) is 6.88. The van der Waals surface area contributed by atoms with Gasteiger partial charge in [0.15, 0.2) is 0 Å². The predicted octanol–water partition coefficient (Wildman–Crippen LogP) is 1.90. The Labute approximate surface area is 169 Å². The molecule has 1 fully saturated rings. The molecular formula is C20H22N2O6S. The van der Waals surface area contributed by atoms with Gasteiger partial charge in [0.2, 0.25) is 10.0 Å². The zero-order valence-electron chi connectivity index (χ0n) is 16.0. The van der Waals surface area contributed by atoms with Gasteiger partial charge in [-0.15, -0.1) is 0 Å². The van der Waals surface area contributed by atoms with E-state index in [0.29, 0.717) is 31.1 Å². The lowest BCUT2D eigenvalue weighted by atomic mass is 10.1. The summed E-state index contributed by atoms with van der Waals surface area (Å²) in [7, 11) is -2.36. The van der Waals surface area contributed by atoms with Crippen LogP contribution in [0.1, 0.15) is 15.9 Å². The fraction of sp³-hybridized carbons (Fsp3) is 0.350. The number of rotatable bonds is 5. The van der Waals surface area contributed by atoms with Crippen molar-refractivity contribution < 1.29 is 27.4 Å². The van der Waals surface area contributed by atoms with Crippen LogP contribution in [-0.4, -0.2) is 58.7 Å². The maximum absolute atomic E-state index is 13.1. The molecular weight excluding hydrogens is 396 g/mol. The number of fused-ring (bicyclic) bond motifs is 1. The van der Waals surface area contributed by atoms with Gasteiger partial charge in [0.25, 0.3) is 5.91 Å². The highest BCUT2D eigenvalue weighted by Crippen LogP contribution is 2.31. The standard InChI is InChI=1S/C20H22N2O6S/c1-26-18-5-3-16(13-19(18)29(24,25)22-7-10-27-11-8-22)21-20(23)15-2-4-17-14(12-15)6-9-28-17/h2-5,12-13H,6-11H2,1H3,(H,21,23). The Morgan fingerprint density at radius 2 is 1.90 bits per heavy atom.